The van der Waals surface area contributed by atoms with Crippen molar-refractivity contribution in [3.63, 3.8) is 0 Å². The van der Waals surface area contributed by atoms with Crippen LogP contribution in [0.4, 0.5) is 4.39 Å². The first-order valence-electron chi connectivity index (χ1n) is 11.5. The number of nitrogens with zero attached hydrogens (tertiary/aromatic N) is 6. The normalized spacial score (nSPS) is 17.6. The molecule has 0 amide bonds. The van der Waals surface area contributed by atoms with Crippen molar-refractivity contribution < 1.29 is 13.9 Å². The molecular formula is C25H30FN7O2. The van der Waals surface area contributed by atoms with E-state index in [1.54, 1.807) is 11.8 Å². The molecule has 10 heteroatoms. The van der Waals surface area contributed by atoms with Gasteiger partial charge in [0, 0.05) is 45.2 Å². The number of aromatic nitrogens is 6. The predicted octanol–water partition coefficient (Wildman–Crippen LogP) is 3.67. The van der Waals surface area contributed by atoms with Gasteiger partial charge in [-0.2, -0.15) is 15.3 Å². The molecule has 4 aromatic rings. The third-order valence-corrected chi connectivity index (χ3v) is 6.39. The highest BCUT2D eigenvalue weighted by Crippen LogP contribution is 2.37. The van der Waals surface area contributed by atoms with E-state index in [1.165, 1.54) is 6.07 Å². The van der Waals surface area contributed by atoms with Gasteiger partial charge < -0.3 is 9.47 Å². The van der Waals surface area contributed by atoms with Crippen molar-refractivity contribution in [1.29, 1.82) is 0 Å². The van der Waals surface area contributed by atoms with E-state index in [2.05, 4.69) is 32.3 Å². The fourth-order valence-electron chi connectivity index (χ4n) is 4.87. The molecule has 1 atom stereocenters. The van der Waals surface area contributed by atoms with E-state index in [-0.39, 0.29) is 18.2 Å². The highest BCUT2D eigenvalue weighted by molar-refractivity contribution is 5.93. The molecule has 0 saturated carbocycles. The summed E-state index contributed by atoms with van der Waals surface area (Å²) in [7, 11) is 7.46. The summed E-state index contributed by atoms with van der Waals surface area (Å²) in [4.78, 5) is 2.21. The number of halogens is 1. The SMILES string of the molecule is COCc1nn(C)c2c1-c1cc(F)c3n[nH]c(c3c1)/C=C/c1c(C)nn(C)c1CN(C)C[C@H](C)O2. The summed E-state index contributed by atoms with van der Waals surface area (Å²) >= 11 is 0. The minimum atomic E-state index is -0.415. The number of likely N-dealkylation sites (N-methyl/N-ethyl adjacent to an activating group) is 1. The first-order valence-corrected chi connectivity index (χ1v) is 11.5. The molecule has 1 aliphatic rings. The van der Waals surface area contributed by atoms with Crippen molar-refractivity contribution in [3.8, 4) is 17.0 Å². The highest BCUT2D eigenvalue weighted by Gasteiger charge is 2.24. The third kappa shape index (κ3) is 4.12. The van der Waals surface area contributed by atoms with Crippen LogP contribution in [-0.4, -0.2) is 61.5 Å². The Bertz CT molecular complexity index is 1430. The monoisotopic (exact) mass is 479 g/mol. The molecule has 35 heavy (non-hydrogen) atoms. The summed E-state index contributed by atoms with van der Waals surface area (Å²) in [5, 5.41) is 17.2. The maximum Gasteiger partial charge on any atom is 0.220 e. The molecule has 0 spiro atoms. The minimum absolute atomic E-state index is 0.152. The number of fused-ring (bicyclic) bond motifs is 4. The van der Waals surface area contributed by atoms with Crippen LogP contribution in [0.1, 0.15) is 35.3 Å². The molecule has 3 aromatic heterocycles. The quantitative estimate of drug-likeness (QED) is 0.472. The molecule has 184 valence electrons. The van der Waals surface area contributed by atoms with Gasteiger partial charge >= 0.3 is 0 Å². The molecule has 1 aliphatic heterocycles. The van der Waals surface area contributed by atoms with Crippen molar-refractivity contribution in [2.45, 2.75) is 33.1 Å². The predicted molar refractivity (Wildman–Crippen MR) is 132 cm³/mol. The Labute approximate surface area is 203 Å². The van der Waals surface area contributed by atoms with Crippen LogP contribution in [0.15, 0.2) is 12.1 Å². The molecule has 0 unspecified atom stereocenters. The average Bonchev–Trinajstić information content (AvgIpc) is 3.41. The first kappa shape index (κ1) is 23.3. The second-order valence-electron chi connectivity index (χ2n) is 9.20. The molecule has 1 N–H and O–H groups in total. The van der Waals surface area contributed by atoms with Gasteiger partial charge in [0.05, 0.1) is 34.9 Å². The van der Waals surface area contributed by atoms with E-state index in [9.17, 15) is 0 Å². The lowest BCUT2D eigenvalue weighted by atomic mass is 10.0. The van der Waals surface area contributed by atoms with Crippen molar-refractivity contribution in [2.24, 2.45) is 14.1 Å². The average molecular weight is 480 g/mol. The molecule has 4 heterocycles. The standard InChI is InChI=1S/C25H30FN7O2/c1-14-11-31(3)12-22-17(15(2)29-32(22)4)7-8-20-18-9-16(10-19(26)24(18)28-27-20)23-21(13-34-6)30-33(5)25(23)35-14/h7-10,14H,11-13H2,1-6H3,(H,27,28)/b8-7+/t14-/m0/s1. The van der Waals surface area contributed by atoms with Crippen LogP contribution in [0.5, 0.6) is 5.88 Å². The van der Waals surface area contributed by atoms with E-state index in [0.717, 1.165) is 22.5 Å². The summed E-state index contributed by atoms with van der Waals surface area (Å²) in [6, 6.07) is 3.41. The van der Waals surface area contributed by atoms with Gasteiger partial charge in [-0.3, -0.25) is 14.7 Å². The number of aromatic amines is 1. The Morgan fingerprint density at radius 1 is 1.17 bits per heavy atom. The number of nitrogens with one attached hydrogen (secondary N) is 1. The lowest BCUT2D eigenvalue weighted by Gasteiger charge is -2.23. The molecule has 0 aliphatic carbocycles. The second-order valence-corrected chi connectivity index (χ2v) is 9.20. The number of rotatable bonds is 2. The summed E-state index contributed by atoms with van der Waals surface area (Å²) in [5.41, 5.74) is 6.12. The highest BCUT2D eigenvalue weighted by atomic mass is 19.1. The molecule has 5 rings (SSSR count). The summed E-state index contributed by atoms with van der Waals surface area (Å²) in [5.74, 6) is 0.158. The number of H-pyrrole nitrogens is 1. The van der Waals surface area contributed by atoms with Crippen LogP contribution < -0.4 is 4.74 Å². The number of hydrogen-bond donors (Lipinski definition) is 1. The lowest BCUT2D eigenvalue weighted by Crippen LogP contribution is -2.32. The Morgan fingerprint density at radius 3 is 2.74 bits per heavy atom. The van der Waals surface area contributed by atoms with Crippen molar-refractivity contribution in [3.05, 3.63) is 46.3 Å². The van der Waals surface area contributed by atoms with Crippen molar-refractivity contribution in [1.82, 2.24) is 34.7 Å². The van der Waals surface area contributed by atoms with Crippen LogP contribution in [0, 0.1) is 12.7 Å². The molecule has 0 radical (unpaired) electrons. The van der Waals surface area contributed by atoms with E-state index < -0.39 is 5.82 Å². The van der Waals surface area contributed by atoms with Gasteiger partial charge in [0.25, 0.3) is 0 Å². The van der Waals surface area contributed by atoms with Gasteiger partial charge in [-0.05, 0) is 50.7 Å². The topological polar surface area (TPSA) is 86.0 Å². The van der Waals surface area contributed by atoms with E-state index >= 15 is 4.39 Å². The molecular weight excluding hydrogens is 449 g/mol. The maximum atomic E-state index is 15.3. The van der Waals surface area contributed by atoms with Crippen LogP contribution in [0.3, 0.4) is 0 Å². The molecule has 1 aromatic carbocycles. The lowest BCUT2D eigenvalue weighted by molar-refractivity contribution is 0.147. The first-order chi connectivity index (χ1) is 16.8. The Morgan fingerprint density at radius 2 is 1.97 bits per heavy atom. The smallest absolute Gasteiger partial charge is 0.220 e. The van der Waals surface area contributed by atoms with Crippen LogP contribution in [0.2, 0.25) is 0 Å². The number of hydrogen-bond acceptors (Lipinski definition) is 6. The summed E-state index contributed by atoms with van der Waals surface area (Å²) < 4.78 is 30.7. The molecule has 0 saturated heterocycles. The van der Waals surface area contributed by atoms with Crippen molar-refractivity contribution >= 4 is 23.1 Å². The minimum Gasteiger partial charge on any atom is -0.473 e. The molecule has 0 fully saturated rings. The van der Waals surface area contributed by atoms with Gasteiger partial charge in [0.15, 0.2) is 5.82 Å². The largest absolute Gasteiger partial charge is 0.473 e. The zero-order valence-electron chi connectivity index (χ0n) is 20.9. The molecule has 9 nitrogen and oxygen atoms in total. The fourth-order valence-corrected chi connectivity index (χ4v) is 4.87. The van der Waals surface area contributed by atoms with E-state index in [4.69, 9.17) is 9.47 Å². The zero-order valence-corrected chi connectivity index (χ0v) is 20.9. The second kappa shape index (κ2) is 8.94. The molecule has 2 bridgehead atoms. The van der Waals surface area contributed by atoms with E-state index in [1.807, 2.05) is 50.8 Å². The fraction of sp³-hybridized carbons (Fsp3) is 0.400. The van der Waals surface area contributed by atoms with Crippen LogP contribution in [0.25, 0.3) is 34.2 Å². The van der Waals surface area contributed by atoms with Crippen molar-refractivity contribution in [2.75, 3.05) is 20.7 Å². The Balaban J connectivity index is 1.75. The number of aryl methyl sites for hydroxylation is 3. The Kier molecular flexibility index (Phi) is 5.94. The third-order valence-electron chi connectivity index (χ3n) is 6.39. The van der Waals surface area contributed by atoms with E-state index in [0.29, 0.717) is 41.3 Å². The summed E-state index contributed by atoms with van der Waals surface area (Å²) in [6.07, 6.45) is 3.81. The van der Waals surface area contributed by atoms with Gasteiger partial charge in [0.1, 0.15) is 11.6 Å². The van der Waals surface area contributed by atoms with Crippen LogP contribution in [-0.2, 0) is 32.0 Å². The number of ether oxygens (including phenoxy) is 2. The van der Waals surface area contributed by atoms with Crippen LogP contribution >= 0.6 is 0 Å². The zero-order chi connectivity index (χ0) is 24.9. The number of benzene rings is 1. The Hall–Kier alpha value is -3.50. The summed E-state index contributed by atoms with van der Waals surface area (Å²) in [6.45, 7) is 5.66. The van der Waals surface area contributed by atoms with Gasteiger partial charge in [0.2, 0.25) is 5.88 Å². The van der Waals surface area contributed by atoms with Gasteiger partial charge in [-0.1, -0.05) is 0 Å². The van der Waals surface area contributed by atoms with Gasteiger partial charge in [-0.15, -0.1) is 0 Å². The number of methoxy groups -OCH3 is 1. The maximum absolute atomic E-state index is 15.3. The van der Waals surface area contributed by atoms with Gasteiger partial charge in [-0.25, -0.2) is 9.07 Å².